The van der Waals surface area contributed by atoms with E-state index in [4.69, 9.17) is 11.6 Å². The Morgan fingerprint density at radius 1 is 1.09 bits per heavy atom. The molecule has 0 fully saturated rings. The first kappa shape index (κ1) is 16.8. The molecular weight excluding hydrogens is 464 g/mol. The molecule has 3 rings (SSSR count). The minimum absolute atomic E-state index is 0.179. The van der Waals surface area contributed by atoms with Gasteiger partial charge in [0.15, 0.2) is 5.78 Å². The highest BCUT2D eigenvalue weighted by Crippen LogP contribution is 2.30. The summed E-state index contributed by atoms with van der Waals surface area (Å²) in [5.74, 6) is -0.190. The SMILES string of the molecule is O=C(Cc1ccc(Cl)cc1)c1cc2c(Br)cc(Br)cc2sc1=O. The fraction of sp³-hybridized carbons (Fsp3) is 0.0588. The van der Waals surface area contributed by atoms with Crippen molar-refractivity contribution in [2.75, 3.05) is 0 Å². The summed E-state index contributed by atoms with van der Waals surface area (Å²) in [7, 11) is 0. The minimum atomic E-state index is -0.221. The molecule has 0 aliphatic carbocycles. The largest absolute Gasteiger partial charge is 0.294 e. The number of fused-ring (bicyclic) bond motifs is 1. The van der Waals surface area contributed by atoms with E-state index in [0.717, 1.165) is 35.9 Å². The maximum absolute atomic E-state index is 12.5. The maximum atomic E-state index is 12.5. The molecule has 1 heterocycles. The second-order valence-electron chi connectivity index (χ2n) is 4.97. The van der Waals surface area contributed by atoms with Gasteiger partial charge in [-0.15, -0.1) is 0 Å². The van der Waals surface area contributed by atoms with Crippen LogP contribution in [0.1, 0.15) is 15.9 Å². The van der Waals surface area contributed by atoms with Gasteiger partial charge in [-0.2, -0.15) is 0 Å². The summed E-state index contributed by atoms with van der Waals surface area (Å²) in [5.41, 5.74) is 1.05. The van der Waals surface area contributed by atoms with Gasteiger partial charge >= 0.3 is 0 Å². The molecule has 0 spiro atoms. The number of carbonyl (C=O) groups is 1. The fourth-order valence-corrected chi connectivity index (χ4v) is 4.92. The molecule has 23 heavy (non-hydrogen) atoms. The highest BCUT2D eigenvalue weighted by atomic mass is 79.9. The van der Waals surface area contributed by atoms with Crippen LogP contribution < -0.4 is 4.74 Å². The van der Waals surface area contributed by atoms with E-state index in [1.807, 2.05) is 12.1 Å². The molecule has 116 valence electrons. The van der Waals surface area contributed by atoms with E-state index in [1.54, 1.807) is 30.3 Å². The first-order valence-corrected chi connectivity index (χ1v) is 9.42. The van der Waals surface area contributed by atoms with E-state index < -0.39 is 0 Å². The number of benzene rings is 2. The van der Waals surface area contributed by atoms with E-state index in [2.05, 4.69) is 31.9 Å². The van der Waals surface area contributed by atoms with Gasteiger partial charge in [0.05, 0.1) is 5.56 Å². The normalized spacial score (nSPS) is 10.9. The topological polar surface area (TPSA) is 34.1 Å². The highest BCUT2D eigenvalue weighted by molar-refractivity contribution is 9.11. The third-order valence-electron chi connectivity index (χ3n) is 3.35. The smallest absolute Gasteiger partial charge is 0.243 e. The molecule has 0 atom stereocenters. The number of carbonyl (C=O) groups excluding carboxylic acids is 1. The van der Waals surface area contributed by atoms with Crippen LogP contribution in [0.15, 0.2) is 56.2 Å². The van der Waals surface area contributed by atoms with Crippen LogP contribution in [0.3, 0.4) is 0 Å². The molecule has 0 bridgehead atoms. The minimum Gasteiger partial charge on any atom is -0.294 e. The summed E-state index contributed by atoms with van der Waals surface area (Å²) in [6.45, 7) is 0. The van der Waals surface area contributed by atoms with Gasteiger partial charge in [-0.05, 0) is 35.9 Å². The number of hydrogen-bond donors (Lipinski definition) is 0. The summed E-state index contributed by atoms with van der Waals surface area (Å²) in [6, 6.07) is 12.5. The fourth-order valence-electron chi connectivity index (χ4n) is 2.22. The molecule has 3 aromatic rings. The first-order chi connectivity index (χ1) is 10.9. The Morgan fingerprint density at radius 2 is 1.78 bits per heavy atom. The molecule has 0 unspecified atom stereocenters. The van der Waals surface area contributed by atoms with E-state index >= 15 is 0 Å². The summed E-state index contributed by atoms with van der Waals surface area (Å²) < 4.78 is 2.34. The Morgan fingerprint density at radius 3 is 2.48 bits per heavy atom. The Kier molecular flexibility index (Phi) is 5.01. The highest BCUT2D eigenvalue weighted by Gasteiger charge is 2.14. The Labute approximate surface area is 158 Å². The van der Waals surface area contributed by atoms with Gasteiger partial charge in [0.1, 0.15) is 0 Å². The molecule has 0 saturated carbocycles. The lowest BCUT2D eigenvalue weighted by atomic mass is 10.0. The van der Waals surface area contributed by atoms with Crippen molar-refractivity contribution in [1.82, 2.24) is 0 Å². The molecule has 0 N–H and O–H groups in total. The van der Waals surface area contributed by atoms with Crippen molar-refractivity contribution < 1.29 is 4.79 Å². The molecule has 0 saturated heterocycles. The number of ketones is 1. The average Bonchev–Trinajstić information content (AvgIpc) is 2.48. The lowest BCUT2D eigenvalue weighted by Crippen LogP contribution is -2.14. The van der Waals surface area contributed by atoms with Gasteiger partial charge in [0.2, 0.25) is 4.74 Å². The predicted octanol–water partition coefficient (Wildman–Crippen LogP) is 5.87. The second kappa shape index (κ2) is 6.85. The van der Waals surface area contributed by atoms with Crippen molar-refractivity contribution in [1.29, 1.82) is 0 Å². The first-order valence-electron chi connectivity index (χ1n) is 6.64. The molecule has 0 aliphatic rings. The van der Waals surface area contributed by atoms with Crippen molar-refractivity contribution in [2.24, 2.45) is 0 Å². The Balaban J connectivity index is 2.02. The van der Waals surface area contributed by atoms with Gasteiger partial charge in [-0.3, -0.25) is 9.59 Å². The Hall–Kier alpha value is -1.01. The number of hydrogen-bond acceptors (Lipinski definition) is 3. The van der Waals surface area contributed by atoms with Crippen molar-refractivity contribution in [3.8, 4) is 0 Å². The summed E-state index contributed by atoms with van der Waals surface area (Å²) in [5, 5.41) is 1.48. The van der Waals surface area contributed by atoms with E-state index in [1.165, 1.54) is 0 Å². The zero-order valence-corrected chi connectivity index (χ0v) is 16.4. The lowest BCUT2D eigenvalue weighted by molar-refractivity contribution is 0.0992. The molecule has 2 aromatic carbocycles. The lowest BCUT2D eigenvalue weighted by Gasteiger charge is -2.05. The molecular formula is C17H9Br2ClO2S. The van der Waals surface area contributed by atoms with Crippen molar-refractivity contribution in [2.45, 2.75) is 6.42 Å². The molecule has 0 amide bonds. The van der Waals surface area contributed by atoms with Crippen molar-refractivity contribution in [3.05, 3.63) is 77.1 Å². The van der Waals surface area contributed by atoms with Gasteiger partial charge in [0, 0.05) is 30.5 Å². The summed E-state index contributed by atoms with van der Waals surface area (Å²) in [4.78, 5) is 24.8. The second-order valence-corrected chi connectivity index (χ2v) is 8.19. The zero-order chi connectivity index (χ0) is 16.6. The van der Waals surface area contributed by atoms with Gasteiger partial charge in [0.25, 0.3) is 0 Å². The van der Waals surface area contributed by atoms with Crippen LogP contribution >= 0.6 is 54.8 Å². The summed E-state index contributed by atoms with van der Waals surface area (Å²) in [6.07, 6.45) is 0.179. The maximum Gasteiger partial charge on any atom is 0.243 e. The molecule has 0 radical (unpaired) electrons. The standard InChI is InChI=1S/C17H9Br2ClO2S/c18-10-6-14(19)12-8-13(17(22)23-16(12)7-10)15(21)5-9-1-3-11(20)4-2-9/h1-4,6-8H,5H2. The van der Waals surface area contributed by atoms with E-state index in [0.29, 0.717) is 5.02 Å². The zero-order valence-electron chi connectivity index (χ0n) is 11.6. The number of halogens is 3. The number of rotatable bonds is 3. The monoisotopic (exact) mass is 470 g/mol. The molecule has 6 heteroatoms. The van der Waals surface area contributed by atoms with E-state index in [9.17, 15) is 9.59 Å². The van der Waals surface area contributed by atoms with Gasteiger partial charge in [-0.25, -0.2) is 0 Å². The molecule has 2 nitrogen and oxygen atoms in total. The molecule has 0 aliphatic heterocycles. The van der Waals surface area contributed by atoms with Crippen LogP contribution in [-0.4, -0.2) is 5.78 Å². The third-order valence-corrected chi connectivity index (χ3v) is 5.67. The quantitative estimate of drug-likeness (QED) is 0.447. The van der Waals surface area contributed by atoms with Gasteiger partial charge < -0.3 is 0 Å². The Bertz CT molecular complexity index is 965. The van der Waals surface area contributed by atoms with Crippen LogP contribution in [-0.2, 0) is 6.42 Å². The molecule has 1 aromatic heterocycles. The average molecular weight is 473 g/mol. The van der Waals surface area contributed by atoms with Crippen LogP contribution in [0.5, 0.6) is 0 Å². The van der Waals surface area contributed by atoms with Gasteiger partial charge in [-0.1, -0.05) is 66.9 Å². The van der Waals surface area contributed by atoms with Crippen LogP contribution in [0, 0.1) is 0 Å². The number of Topliss-reactive ketones (excluding diaryl/α,β-unsaturated/α-hetero) is 1. The van der Waals surface area contributed by atoms with Crippen LogP contribution in [0.2, 0.25) is 5.02 Å². The van der Waals surface area contributed by atoms with E-state index in [-0.39, 0.29) is 22.5 Å². The van der Waals surface area contributed by atoms with Crippen LogP contribution in [0.25, 0.3) is 10.1 Å². The van der Waals surface area contributed by atoms with Crippen molar-refractivity contribution in [3.63, 3.8) is 0 Å². The third kappa shape index (κ3) is 3.74. The van der Waals surface area contributed by atoms with Crippen LogP contribution in [0.4, 0.5) is 0 Å². The van der Waals surface area contributed by atoms with Crippen molar-refractivity contribution >= 4 is 70.7 Å². The predicted molar refractivity (Wildman–Crippen MR) is 103 cm³/mol. The summed E-state index contributed by atoms with van der Waals surface area (Å²) >= 11 is 13.8.